The Bertz CT molecular complexity index is 994. The number of hydrogen-bond acceptors (Lipinski definition) is 5. The number of carboxylic acid groups (broad SMARTS) is 1. The van der Waals surface area contributed by atoms with Crippen molar-refractivity contribution < 1.29 is 42.1 Å². The first-order valence-corrected chi connectivity index (χ1v) is 12.2. The van der Waals surface area contributed by atoms with Crippen LogP contribution in [-0.4, -0.2) is 54.5 Å². The lowest BCUT2D eigenvalue weighted by Crippen LogP contribution is -2.38. The molecule has 10 heteroatoms. The lowest BCUT2D eigenvalue weighted by molar-refractivity contribution is -0.150. The smallest absolute Gasteiger partial charge is 0.419 e. The van der Waals surface area contributed by atoms with Crippen LogP contribution in [-0.2, 0) is 22.1 Å². The first-order valence-electron chi connectivity index (χ1n) is 12.2. The summed E-state index contributed by atoms with van der Waals surface area (Å²) in [4.78, 5) is 25.4. The van der Waals surface area contributed by atoms with Crippen LogP contribution in [0.1, 0.15) is 44.7 Å². The SMILES string of the molecule is CCOC(Cc1ccc(OCCN(CCCC(C)C)C(=O)Oc2ccccc2C(F)(F)F)cc1)C(=O)O. The van der Waals surface area contributed by atoms with Gasteiger partial charge in [0.05, 0.1) is 12.1 Å². The lowest BCUT2D eigenvalue weighted by Gasteiger charge is -2.23. The third-order valence-electron chi connectivity index (χ3n) is 5.48. The van der Waals surface area contributed by atoms with Gasteiger partial charge in [0, 0.05) is 19.6 Å². The van der Waals surface area contributed by atoms with E-state index in [2.05, 4.69) is 0 Å². The maximum absolute atomic E-state index is 13.3. The van der Waals surface area contributed by atoms with E-state index in [1.807, 2.05) is 13.8 Å². The summed E-state index contributed by atoms with van der Waals surface area (Å²) < 4.78 is 56.0. The molecule has 1 unspecified atom stereocenters. The van der Waals surface area contributed by atoms with Gasteiger partial charge in [0.25, 0.3) is 0 Å². The van der Waals surface area contributed by atoms with E-state index in [0.717, 1.165) is 24.1 Å². The van der Waals surface area contributed by atoms with Crippen molar-refractivity contribution in [1.82, 2.24) is 4.90 Å². The van der Waals surface area contributed by atoms with E-state index in [-0.39, 0.29) is 26.2 Å². The number of para-hydroxylation sites is 1. The van der Waals surface area contributed by atoms with Gasteiger partial charge >= 0.3 is 18.2 Å². The number of nitrogens with zero attached hydrogens (tertiary/aromatic N) is 1. The highest BCUT2D eigenvalue weighted by Gasteiger charge is 2.35. The van der Waals surface area contributed by atoms with Crippen molar-refractivity contribution in [3.8, 4) is 11.5 Å². The van der Waals surface area contributed by atoms with Gasteiger partial charge in [-0.05, 0) is 55.5 Å². The summed E-state index contributed by atoms with van der Waals surface area (Å²) in [5, 5.41) is 9.23. The highest BCUT2D eigenvalue weighted by Crippen LogP contribution is 2.36. The Morgan fingerprint density at radius 1 is 1.03 bits per heavy atom. The molecule has 0 aliphatic heterocycles. The van der Waals surface area contributed by atoms with E-state index >= 15 is 0 Å². The number of ether oxygens (including phenoxy) is 3. The van der Waals surface area contributed by atoms with Crippen molar-refractivity contribution in [1.29, 1.82) is 0 Å². The summed E-state index contributed by atoms with van der Waals surface area (Å²) in [5.74, 6) is -0.673. The average molecular weight is 526 g/mol. The zero-order chi connectivity index (χ0) is 27.4. The summed E-state index contributed by atoms with van der Waals surface area (Å²) in [6.07, 6.45) is -4.77. The molecule has 2 rings (SSSR count). The predicted molar refractivity (Wildman–Crippen MR) is 132 cm³/mol. The molecule has 37 heavy (non-hydrogen) atoms. The van der Waals surface area contributed by atoms with Crippen LogP contribution in [0.25, 0.3) is 0 Å². The summed E-state index contributed by atoms with van der Waals surface area (Å²) in [6.45, 7) is 6.61. The molecular formula is C27H34F3NO6. The minimum atomic E-state index is -4.65. The molecule has 7 nitrogen and oxygen atoms in total. The standard InChI is InChI=1S/C27H34F3NO6/c1-4-35-24(25(32)33)18-20-11-13-21(14-12-20)36-17-16-31(15-7-8-19(2)3)26(34)37-23-10-6-5-9-22(23)27(28,29)30/h5-6,9-14,19,24H,4,7-8,15-18H2,1-3H3,(H,32,33). The van der Waals surface area contributed by atoms with Crippen LogP contribution in [0.15, 0.2) is 48.5 Å². The number of aliphatic carboxylic acids is 1. The fourth-order valence-corrected chi connectivity index (χ4v) is 3.56. The van der Waals surface area contributed by atoms with Crippen molar-refractivity contribution in [3.05, 3.63) is 59.7 Å². The minimum Gasteiger partial charge on any atom is -0.492 e. The summed E-state index contributed by atoms with van der Waals surface area (Å²) in [6, 6.07) is 11.4. The Balaban J connectivity index is 2.00. The van der Waals surface area contributed by atoms with Crippen molar-refractivity contribution in [2.75, 3.05) is 26.3 Å². The molecule has 0 spiro atoms. The number of halogens is 3. The number of amides is 1. The molecule has 0 aliphatic carbocycles. The maximum atomic E-state index is 13.3. The van der Waals surface area contributed by atoms with Crippen LogP contribution in [0.4, 0.5) is 18.0 Å². The molecule has 0 heterocycles. The summed E-state index contributed by atoms with van der Waals surface area (Å²) >= 11 is 0. The zero-order valence-electron chi connectivity index (χ0n) is 21.3. The highest BCUT2D eigenvalue weighted by molar-refractivity contribution is 5.72. The van der Waals surface area contributed by atoms with Gasteiger partial charge in [-0.2, -0.15) is 13.2 Å². The third-order valence-corrected chi connectivity index (χ3v) is 5.48. The second kappa shape index (κ2) is 14.5. The number of carbonyl (C=O) groups excluding carboxylic acids is 1. The molecule has 2 aromatic carbocycles. The van der Waals surface area contributed by atoms with Gasteiger partial charge in [-0.25, -0.2) is 9.59 Å². The molecule has 1 atom stereocenters. The molecule has 2 aromatic rings. The average Bonchev–Trinajstić information content (AvgIpc) is 2.83. The molecule has 0 radical (unpaired) electrons. The summed E-state index contributed by atoms with van der Waals surface area (Å²) in [7, 11) is 0. The van der Waals surface area contributed by atoms with Crippen LogP contribution in [0.3, 0.4) is 0 Å². The third kappa shape index (κ3) is 10.3. The molecule has 0 aromatic heterocycles. The van der Waals surface area contributed by atoms with Gasteiger partial charge in [0.1, 0.15) is 18.1 Å². The fraction of sp³-hybridized carbons (Fsp3) is 0.481. The van der Waals surface area contributed by atoms with Crippen molar-refractivity contribution in [3.63, 3.8) is 0 Å². The molecule has 204 valence electrons. The van der Waals surface area contributed by atoms with Crippen molar-refractivity contribution in [2.24, 2.45) is 5.92 Å². The van der Waals surface area contributed by atoms with Crippen LogP contribution in [0, 0.1) is 5.92 Å². The Morgan fingerprint density at radius 2 is 1.70 bits per heavy atom. The number of carbonyl (C=O) groups is 2. The number of rotatable bonds is 14. The molecule has 0 saturated heterocycles. The molecule has 0 fully saturated rings. The Labute approximate surface area is 215 Å². The Hall–Kier alpha value is -3.27. The Morgan fingerprint density at radius 3 is 2.30 bits per heavy atom. The molecular weight excluding hydrogens is 491 g/mol. The second-order valence-electron chi connectivity index (χ2n) is 8.86. The number of benzene rings is 2. The normalized spacial score (nSPS) is 12.3. The van der Waals surface area contributed by atoms with Crippen LogP contribution in [0.5, 0.6) is 11.5 Å². The van der Waals surface area contributed by atoms with Gasteiger partial charge < -0.3 is 24.2 Å². The van der Waals surface area contributed by atoms with Crippen molar-refractivity contribution in [2.45, 2.75) is 52.3 Å². The topological polar surface area (TPSA) is 85.3 Å². The maximum Gasteiger partial charge on any atom is 0.419 e. The Kier molecular flexibility index (Phi) is 11.7. The highest BCUT2D eigenvalue weighted by atomic mass is 19.4. The number of alkyl halides is 3. The molecule has 0 aliphatic rings. The fourth-order valence-electron chi connectivity index (χ4n) is 3.56. The molecule has 0 saturated carbocycles. The van der Waals surface area contributed by atoms with Crippen LogP contribution in [0.2, 0.25) is 0 Å². The van der Waals surface area contributed by atoms with E-state index in [9.17, 15) is 27.9 Å². The van der Waals surface area contributed by atoms with E-state index < -0.39 is 35.7 Å². The summed E-state index contributed by atoms with van der Waals surface area (Å²) in [5.41, 5.74) is -0.258. The zero-order valence-corrected chi connectivity index (χ0v) is 21.3. The largest absolute Gasteiger partial charge is 0.492 e. The van der Waals surface area contributed by atoms with E-state index in [1.54, 1.807) is 31.2 Å². The first kappa shape index (κ1) is 30.0. The van der Waals surface area contributed by atoms with Crippen LogP contribution < -0.4 is 9.47 Å². The predicted octanol–water partition coefficient (Wildman–Crippen LogP) is 6.05. The van der Waals surface area contributed by atoms with Crippen molar-refractivity contribution >= 4 is 12.1 Å². The van der Waals surface area contributed by atoms with E-state index in [0.29, 0.717) is 24.6 Å². The number of hydrogen-bond donors (Lipinski definition) is 1. The lowest BCUT2D eigenvalue weighted by atomic mass is 10.1. The number of carboxylic acids is 1. The van der Waals surface area contributed by atoms with Gasteiger partial charge in [-0.15, -0.1) is 0 Å². The molecule has 1 N–H and O–H groups in total. The molecule has 1 amide bonds. The van der Waals surface area contributed by atoms with E-state index in [4.69, 9.17) is 14.2 Å². The molecule has 0 bridgehead atoms. The monoisotopic (exact) mass is 525 g/mol. The van der Waals surface area contributed by atoms with Gasteiger partial charge in [0.2, 0.25) is 0 Å². The quantitative estimate of drug-likeness (QED) is 0.323. The van der Waals surface area contributed by atoms with E-state index in [1.165, 1.54) is 17.0 Å². The van der Waals surface area contributed by atoms with Gasteiger partial charge in [-0.3, -0.25) is 0 Å². The van der Waals surface area contributed by atoms with Gasteiger partial charge in [-0.1, -0.05) is 38.1 Å². The van der Waals surface area contributed by atoms with Crippen LogP contribution >= 0.6 is 0 Å². The minimum absolute atomic E-state index is 0.0910. The first-order chi connectivity index (χ1) is 17.5. The van der Waals surface area contributed by atoms with Gasteiger partial charge in [0.15, 0.2) is 6.10 Å². The second-order valence-corrected chi connectivity index (χ2v) is 8.86.